The van der Waals surface area contributed by atoms with E-state index >= 15 is 0 Å². The first-order chi connectivity index (χ1) is 7.31. The Labute approximate surface area is 97.9 Å². The van der Waals surface area contributed by atoms with Crippen molar-refractivity contribution in [2.45, 2.75) is 64.9 Å². The fourth-order valence-corrected chi connectivity index (χ4v) is 2.63. The van der Waals surface area contributed by atoms with Crippen molar-refractivity contribution in [1.82, 2.24) is 0 Å². The van der Waals surface area contributed by atoms with Crippen molar-refractivity contribution in [3.05, 3.63) is 0 Å². The zero-order chi connectivity index (χ0) is 12.4. The fraction of sp³-hybridized carbons (Fsp3) is 0.923. The van der Waals surface area contributed by atoms with Crippen LogP contribution in [0.3, 0.4) is 0 Å². The van der Waals surface area contributed by atoms with Crippen molar-refractivity contribution in [3.63, 3.8) is 0 Å². The molecule has 16 heavy (non-hydrogen) atoms. The van der Waals surface area contributed by atoms with Gasteiger partial charge in [-0.2, -0.15) is 0 Å². The van der Waals surface area contributed by atoms with Crippen LogP contribution in [-0.4, -0.2) is 21.8 Å². The van der Waals surface area contributed by atoms with Gasteiger partial charge in [-0.05, 0) is 51.4 Å². The van der Waals surface area contributed by atoms with Gasteiger partial charge < -0.3 is 10.2 Å². The van der Waals surface area contributed by atoms with E-state index in [9.17, 15) is 15.0 Å². The SMILES string of the molecule is CCC(C)(O)CC1(C(=O)O)CCC(C)CC1. The maximum atomic E-state index is 11.5. The van der Waals surface area contributed by atoms with Gasteiger partial charge in [0, 0.05) is 0 Å². The molecule has 1 aliphatic carbocycles. The van der Waals surface area contributed by atoms with E-state index in [4.69, 9.17) is 0 Å². The molecule has 0 heterocycles. The summed E-state index contributed by atoms with van der Waals surface area (Å²) in [6, 6.07) is 0. The minimum atomic E-state index is -0.848. The first kappa shape index (κ1) is 13.5. The maximum absolute atomic E-state index is 11.5. The lowest BCUT2D eigenvalue weighted by molar-refractivity contribution is -0.156. The Hall–Kier alpha value is -0.570. The van der Waals surface area contributed by atoms with Crippen LogP contribution < -0.4 is 0 Å². The number of hydrogen-bond donors (Lipinski definition) is 2. The van der Waals surface area contributed by atoms with Crippen LogP contribution in [0.1, 0.15) is 59.3 Å². The van der Waals surface area contributed by atoms with Gasteiger partial charge in [0.2, 0.25) is 0 Å². The highest BCUT2D eigenvalue weighted by molar-refractivity contribution is 5.74. The molecule has 1 atom stereocenters. The van der Waals surface area contributed by atoms with E-state index in [1.807, 2.05) is 6.92 Å². The van der Waals surface area contributed by atoms with Gasteiger partial charge in [-0.25, -0.2) is 0 Å². The molecule has 0 spiro atoms. The smallest absolute Gasteiger partial charge is 0.309 e. The fourth-order valence-electron chi connectivity index (χ4n) is 2.63. The van der Waals surface area contributed by atoms with E-state index < -0.39 is 17.0 Å². The van der Waals surface area contributed by atoms with E-state index in [1.54, 1.807) is 6.92 Å². The van der Waals surface area contributed by atoms with Crippen molar-refractivity contribution in [2.24, 2.45) is 11.3 Å². The molecule has 2 N–H and O–H groups in total. The first-order valence-corrected chi connectivity index (χ1v) is 6.27. The molecule has 0 radical (unpaired) electrons. The number of hydrogen-bond acceptors (Lipinski definition) is 2. The standard InChI is InChI=1S/C13H24O3/c1-4-12(3,16)9-13(11(14)15)7-5-10(2)6-8-13/h10,16H,4-9H2,1-3H3,(H,14,15). The van der Waals surface area contributed by atoms with Crippen molar-refractivity contribution in [1.29, 1.82) is 0 Å². The third kappa shape index (κ3) is 2.97. The topological polar surface area (TPSA) is 57.5 Å². The van der Waals surface area contributed by atoms with Crippen LogP contribution >= 0.6 is 0 Å². The lowest BCUT2D eigenvalue weighted by Crippen LogP contribution is -2.42. The van der Waals surface area contributed by atoms with Crippen molar-refractivity contribution in [2.75, 3.05) is 0 Å². The predicted molar refractivity (Wildman–Crippen MR) is 63.2 cm³/mol. The molecular formula is C13H24O3. The van der Waals surface area contributed by atoms with Gasteiger partial charge in [-0.1, -0.05) is 13.8 Å². The third-order valence-corrected chi connectivity index (χ3v) is 4.17. The van der Waals surface area contributed by atoms with Crippen molar-refractivity contribution >= 4 is 5.97 Å². The molecular weight excluding hydrogens is 204 g/mol. The van der Waals surface area contributed by atoms with Gasteiger partial charge in [0.05, 0.1) is 11.0 Å². The summed E-state index contributed by atoms with van der Waals surface area (Å²) in [5, 5.41) is 19.5. The van der Waals surface area contributed by atoms with Gasteiger partial charge in [-0.15, -0.1) is 0 Å². The van der Waals surface area contributed by atoms with Crippen LogP contribution in [0.2, 0.25) is 0 Å². The van der Waals surface area contributed by atoms with Crippen molar-refractivity contribution < 1.29 is 15.0 Å². The lowest BCUT2D eigenvalue weighted by Gasteiger charge is -2.40. The molecule has 94 valence electrons. The van der Waals surface area contributed by atoms with Gasteiger partial charge >= 0.3 is 5.97 Å². The largest absolute Gasteiger partial charge is 0.481 e. The molecule has 1 aliphatic rings. The van der Waals surface area contributed by atoms with E-state index in [1.165, 1.54) is 0 Å². The number of aliphatic hydroxyl groups is 1. The minimum absolute atomic E-state index is 0.387. The molecule has 0 saturated heterocycles. The van der Waals surface area contributed by atoms with Crippen LogP contribution in [-0.2, 0) is 4.79 Å². The molecule has 0 bridgehead atoms. The molecule has 1 rings (SSSR count). The molecule has 3 heteroatoms. The number of carbonyl (C=O) groups is 1. The molecule has 0 aliphatic heterocycles. The first-order valence-electron chi connectivity index (χ1n) is 6.27. The van der Waals surface area contributed by atoms with Crippen LogP contribution in [0.5, 0.6) is 0 Å². The summed E-state index contributed by atoms with van der Waals surface area (Å²) < 4.78 is 0. The van der Waals surface area contributed by atoms with Gasteiger partial charge in [0.25, 0.3) is 0 Å². The van der Waals surface area contributed by atoms with Crippen LogP contribution in [0.15, 0.2) is 0 Å². The molecule has 0 aromatic heterocycles. The Morgan fingerprint density at radius 3 is 2.31 bits per heavy atom. The Morgan fingerprint density at radius 1 is 1.44 bits per heavy atom. The van der Waals surface area contributed by atoms with Crippen LogP contribution in [0.4, 0.5) is 0 Å². The van der Waals surface area contributed by atoms with Crippen LogP contribution in [0, 0.1) is 11.3 Å². The summed E-state index contributed by atoms with van der Waals surface area (Å²) in [5.74, 6) is -0.104. The predicted octanol–water partition coefficient (Wildman–Crippen LogP) is 2.82. The zero-order valence-corrected chi connectivity index (χ0v) is 10.6. The zero-order valence-electron chi connectivity index (χ0n) is 10.6. The lowest BCUT2D eigenvalue weighted by atomic mass is 9.65. The van der Waals surface area contributed by atoms with Gasteiger partial charge in [0.15, 0.2) is 0 Å². The minimum Gasteiger partial charge on any atom is -0.481 e. The van der Waals surface area contributed by atoms with Crippen LogP contribution in [0.25, 0.3) is 0 Å². The molecule has 0 amide bonds. The molecule has 0 aromatic rings. The average molecular weight is 228 g/mol. The monoisotopic (exact) mass is 228 g/mol. The second kappa shape index (κ2) is 4.74. The number of rotatable bonds is 4. The Morgan fingerprint density at radius 2 is 1.94 bits per heavy atom. The summed E-state index contributed by atoms with van der Waals surface area (Å²) >= 11 is 0. The van der Waals surface area contributed by atoms with E-state index in [-0.39, 0.29) is 0 Å². The summed E-state index contributed by atoms with van der Waals surface area (Å²) in [7, 11) is 0. The highest BCUT2D eigenvalue weighted by atomic mass is 16.4. The Bertz CT molecular complexity index is 250. The normalized spacial score (nSPS) is 34.4. The van der Waals surface area contributed by atoms with E-state index in [2.05, 4.69) is 6.92 Å². The Balaban J connectivity index is 2.78. The molecule has 1 unspecified atom stereocenters. The summed E-state index contributed by atoms with van der Waals surface area (Å²) in [6.07, 6.45) is 4.34. The average Bonchev–Trinajstić information content (AvgIpc) is 2.21. The van der Waals surface area contributed by atoms with E-state index in [0.717, 1.165) is 12.8 Å². The summed E-state index contributed by atoms with van der Waals surface area (Å²) in [5.41, 5.74) is -1.54. The molecule has 3 nitrogen and oxygen atoms in total. The summed E-state index contributed by atoms with van der Waals surface area (Å²) in [4.78, 5) is 11.5. The molecule has 1 fully saturated rings. The quantitative estimate of drug-likeness (QED) is 0.778. The second-order valence-electron chi connectivity index (χ2n) is 5.80. The second-order valence-corrected chi connectivity index (χ2v) is 5.80. The number of aliphatic carboxylic acids is 1. The maximum Gasteiger partial charge on any atom is 0.309 e. The third-order valence-electron chi connectivity index (χ3n) is 4.17. The summed E-state index contributed by atoms with van der Waals surface area (Å²) in [6.45, 7) is 5.82. The van der Waals surface area contributed by atoms with E-state index in [0.29, 0.717) is 31.6 Å². The molecule has 1 saturated carbocycles. The highest BCUT2D eigenvalue weighted by Gasteiger charge is 2.45. The van der Waals surface area contributed by atoms with Crippen molar-refractivity contribution in [3.8, 4) is 0 Å². The number of carboxylic acids is 1. The number of carboxylic acid groups (broad SMARTS) is 1. The van der Waals surface area contributed by atoms with Gasteiger partial charge in [-0.3, -0.25) is 4.79 Å². The Kier molecular flexibility index (Phi) is 4.00. The van der Waals surface area contributed by atoms with Gasteiger partial charge in [0.1, 0.15) is 0 Å². The highest BCUT2D eigenvalue weighted by Crippen LogP contribution is 2.45. The molecule has 0 aromatic carbocycles.